The normalized spacial score (nSPS) is 15.2. The Hall–Kier alpha value is -0.413. The van der Waals surface area contributed by atoms with Crippen LogP contribution in [-0.2, 0) is 9.22 Å². The quantitative estimate of drug-likeness (QED) is 0.488. The smallest absolute Gasteiger partial charge is 0.192 e. The van der Waals surface area contributed by atoms with E-state index >= 15 is 0 Å². The Labute approximate surface area is 120 Å². The van der Waals surface area contributed by atoms with Crippen molar-refractivity contribution < 1.29 is 9.22 Å². The van der Waals surface area contributed by atoms with Gasteiger partial charge in [0.1, 0.15) is 5.78 Å². The highest BCUT2D eigenvalue weighted by Gasteiger charge is 2.44. The lowest BCUT2D eigenvalue weighted by atomic mass is 9.79. The molecule has 0 spiro atoms. The monoisotopic (exact) mass is 284 g/mol. The molecule has 0 heterocycles. The van der Waals surface area contributed by atoms with Gasteiger partial charge >= 0.3 is 0 Å². The second-order valence-corrected chi connectivity index (χ2v) is 12.1. The van der Waals surface area contributed by atoms with Crippen LogP contribution in [0.2, 0.25) is 18.1 Å². The van der Waals surface area contributed by atoms with Gasteiger partial charge in [-0.25, -0.2) is 0 Å². The molecule has 1 atom stereocenters. The van der Waals surface area contributed by atoms with E-state index in [0.717, 1.165) is 6.42 Å². The minimum atomic E-state index is -1.87. The van der Waals surface area contributed by atoms with Gasteiger partial charge < -0.3 is 4.43 Å². The number of hydrogen-bond donors (Lipinski definition) is 0. The molecule has 0 rings (SSSR count). The van der Waals surface area contributed by atoms with Gasteiger partial charge in [-0.1, -0.05) is 47.6 Å². The van der Waals surface area contributed by atoms with Gasteiger partial charge in [-0.3, -0.25) is 4.79 Å². The summed E-state index contributed by atoms with van der Waals surface area (Å²) < 4.78 is 6.48. The average molecular weight is 285 g/mol. The summed E-state index contributed by atoms with van der Waals surface area (Å²) in [4.78, 5) is 12.2. The molecule has 0 aromatic carbocycles. The molecule has 1 unspecified atom stereocenters. The van der Waals surface area contributed by atoms with Crippen molar-refractivity contribution in [1.82, 2.24) is 0 Å². The average Bonchev–Trinajstić information content (AvgIpc) is 2.25. The lowest BCUT2D eigenvalue weighted by Crippen LogP contribution is -2.49. The van der Waals surface area contributed by atoms with E-state index in [4.69, 9.17) is 4.43 Å². The Morgan fingerprint density at radius 1 is 1.26 bits per heavy atom. The predicted octanol–water partition coefficient (Wildman–Crippen LogP) is 4.96. The molecular formula is C16H32O2Si. The molecule has 0 saturated carbocycles. The van der Waals surface area contributed by atoms with E-state index in [1.807, 2.05) is 26.8 Å². The fourth-order valence-electron chi connectivity index (χ4n) is 1.81. The van der Waals surface area contributed by atoms with E-state index in [1.54, 1.807) is 0 Å². The second kappa shape index (κ2) is 6.36. The molecule has 0 aliphatic carbocycles. The summed E-state index contributed by atoms with van der Waals surface area (Å²) in [5, 5.41) is 0.151. The first-order valence-corrected chi connectivity index (χ1v) is 10.1. The molecule has 112 valence electrons. The number of ketones is 1. The van der Waals surface area contributed by atoms with Crippen LogP contribution in [0.15, 0.2) is 12.7 Å². The summed E-state index contributed by atoms with van der Waals surface area (Å²) in [6.07, 6.45) is 3.08. The van der Waals surface area contributed by atoms with Crippen molar-refractivity contribution in [2.75, 3.05) is 0 Å². The number of carbonyl (C=O) groups excluding carboxylic acids is 1. The molecule has 0 aliphatic heterocycles. The van der Waals surface area contributed by atoms with Gasteiger partial charge in [-0.05, 0) is 24.6 Å². The first-order chi connectivity index (χ1) is 8.40. The fraction of sp³-hybridized carbons (Fsp3) is 0.812. The summed E-state index contributed by atoms with van der Waals surface area (Å²) in [6.45, 7) is 20.9. The third-order valence-corrected chi connectivity index (χ3v) is 8.95. The molecule has 0 amide bonds. The third-order valence-electron chi connectivity index (χ3n) is 4.47. The molecular weight excluding hydrogens is 252 g/mol. The van der Waals surface area contributed by atoms with Crippen LogP contribution in [0.1, 0.15) is 54.4 Å². The summed E-state index contributed by atoms with van der Waals surface area (Å²) in [5.41, 5.74) is -0.446. The Balaban J connectivity index is 5.25. The number of rotatable bonds is 7. The highest BCUT2D eigenvalue weighted by atomic mass is 28.4. The summed E-state index contributed by atoms with van der Waals surface area (Å²) in [6, 6.07) is 0. The van der Waals surface area contributed by atoms with Crippen LogP contribution in [0.5, 0.6) is 0 Å². The molecule has 3 heteroatoms. The van der Waals surface area contributed by atoms with Gasteiger partial charge in [0.25, 0.3) is 0 Å². The Morgan fingerprint density at radius 2 is 1.74 bits per heavy atom. The molecule has 19 heavy (non-hydrogen) atoms. The minimum Gasteiger partial charge on any atom is -0.413 e. The minimum absolute atomic E-state index is 0.0710. The molecule has 2 nitrogen and oxygen atoms in total. The van der Waals surface area contributed by atoms with Crippen LogP contribution in [0, 0.1) is 5.41 Å². The van der Waals surface area contributed by atoms with Crippen molar-refractivity contribution in [3.63, 3.8) is 0 Å². The topological polar surface area (TPSA) is 26.3 Å². The fourth-order valence-corrected chi connectivity index (χ4v) is 3.26. The van der Waals surface area contributed by atoms with Crippen molar-refractivity contribution in [2.24, 2.45) is 5.41 Å². The SMILES string of the molecule is C=CCC(O[Si](C)(C)C(C)(C)C)C(C)(C)C(=O)CC. The van der Waals surface area contributed by atoms with Crippen molar-refractivity contribution in [2.45, 2.75) is 78.6 Å². The van der Waals surface area contributed by atoms with Crippen LogP contribution in [0.4, 0.5) is 0 Å². The van der Waals surface area contributed by atoms with E-state index < -0.39 is 13.7 Å². The molecule has 0 aromatic heterocycles. The van der Waals surface area contributed by atoms with Crippen LogP contribution in [-0.4, -0.2) is 20.2 Å². The molecule has 0 N–H and O–H groups in total. The number of Topliss-reactive ketones (excluding diaryl/α,β-unsaturated/α-hetero) is 1. The van der Waals surface area contributed by atoms with Gasteiger partial charge in [0, 0.05) is 11.8 Å². The summed E-state index contributed by atoms with van der Waals surface area (Å²) >= 11 is 0. The van der Waals surface area contributed by atoms with Crippen molar-refractivity contribution in [3.05, 3.63) is 12.7 Å². The maximum absolute atomic E-state index is 12.2. The zero-order valence-electron chi connectivity index (χ0n) is 14.1. The largest absolute Gasteiger partial charge is 0.413 e. The highest BCUT2D eigenvalue weighted by Crippen LogP contribution is 2.40. The van der Waals surface area contributed by atoms with Crippen LogP contribution in [0.3, 0.4) is 0 Å². The van der Waals surface area contributed by atoms with Gasteiger partial charge in [0.2, 0.25) is 0 Å². The van der Waals surface area contributed by atoms with E-state index in [2.05, 4.69) is 40.4 Å². The third kappa shape index (κ3) is 4.57. The lowest BCUT2D eigenvalue weighted by Gasteiger charge is -2.43. The molecule has 0 saturated heterocycles. The van der Waals surface area contributed by atoms with Crippen molar-refractivity contribution in [3.8, 4) is 0 Å². The zero-order valence-corrected chi connectivity index (χ0v) is 15.1. The van der Waals surface area contributed by atoms with E-state index in [9.17, 15) is 4.79 Å². The molecule has 0 fully saturated rings. The van der Waals surface area contributed by atoms with Crippen molar-refractivity contribution >= 4 is 14.1 Å². The standard InChI is InChI=1S/C16H32O2Si/c1-10-12-14(16(6,7)13(17)11-2)18-19(8,9)15(3,4)5/h10,14H,1,11-12H2,2-9H3. The summed E-state index contributed by atoms with van der Waals surface area (Å²) in [7, 11) is -1.87. The lowest BCUT2D eigenvalue weighted by molar-refractivity contribution is -0.131. The Bertz CT molecular complexity index is 324. The van der Waals surface area contributed by atoms with E-state index in [1.165, 1.54) is 0 Å². The van der Waals surface area contributed by atoms with Gasteiger partial charge in [-0.15, -0.1) is 6.58 Å². The summed E-state index contributed by atoms with van der Waals surface area (Å²) in [5.74, 6) is 0.262. The predicted molar refractivity (Wildman–Crippen MR) is 86.0 cm³/mol. The second-order valence-electron chi connectivity index (χ2n) is 7.39. The molecule has 0 aromatic rings. The number of carbonyl (C=O) groups is 1. The first kappa shape index (κ1) is 18.6. The van der Waals surface area contributed by atoms with Gasteiger partial charge in [-0.2, -0.15) is 0 Å². The molecule has 0 aliphatic rings. The Morgan fingerprint density at radius 3 is 2.05 bits per heavy atom. The zero-order chi connectivity index (χ0) is 15.5. The van der Waals surface area contributed by atoms with Gasteiger partial charge in [0.05, 0.1) is 6.10 Å². The van der Waals surface area contributed by atoms with Gasteiger partial charge in [0.15, 0.2) is 8.32 Å². The maximum atomic E-state index is 12.2. The van der Waals surface area contributed by atoms with Crippen LogP contribution in [0.25, 0.3) is 0 Å². The first-order valence-electron chi connectivity index (χ1n) is 7.22. The molecule has 0 bridgehead atoms. The van der Waals surface area contributed by atoms with E-state index in [0.29, 0.717) is 6.42 Å². The van der Waals surface area contributed by atoms with Crippen LogP contribution >= 0.6 is 0 Å². The number of hydrogen-bond acceptors (Lipinski definition) is 2. The van der Waals surface area contributed by atoms with Crippen molar-refractivity contribution in [1.29, 1.82) is 0 Å². The Kier molecular flexibility index (Phi) is 6.22. The maximum Gasteiger partial charge on any atom is 0.192 e. The van der Waals surface area contributed by atoms with E-state index in [-0.39, 0.29) is 16.9 Å². The highest BCUT2D eigenvalue weighted by molar-refractivity contribution is 6.74. The van der Waals surface area contributed by atoms with Crippen LogP contribution < -0.4 is 0 Å². The molecule has 0 radical (unpaired) electrons.